The third-order valence-electron chi connectivity index (χ3n) is 4.53. The molecule has 1 heterocycles. The summed E-state index contributed by atoms with van der Waals surface area (Å²) in [5.74, 6) is 0.814. The molecule has 2 N–H and O–H groups in total. The lowest BCUT2D eigenvalue weighted by molar-refractivity contribution is -0.115. The molecular formula is C16H22N2O. The Morgan fingerprint density at radius 1 is 1.47 bits per heavy atom. The smallest absolute Gasteiger partial charge is 0.228 e. The second-order valence-electron chi connectivity index (χ2n) is 6.48. The van der Waals surface area contributed by atoms with Gasteiger partial charge in [-0.25, -0.2) is 0 Å². The Bertz CT molecular complexity index is 521. The highest BCUT2D eigenvalue weighted by Gasteiger charge is 2.50. The summed E-state index contributed by atoms with van der Waals surface area (Å²) in [5, 5.41) is 6.51. The van der Waals surface area contributed by atoms with E-state index >= 15 is 0 Å². The van der Waals surface area contributed by atoms with E-state index in [1.165, 1.54) is 12.0 Å². The van der Waals surface area contributed by atoms with Crippen LogP contribution in [0, 0.1) is 11.3 Å². The number of carbonyl (C=O) groups excluding carboxylic acids is 1. The van der Waals surface area contributed by atoms with Crippen molar-refractivity contribution < 1.29 is 4.79 Å². The van der Waals surface area contributed by atoms with E-state index < -0.39 is 0 Å². The molecule has 0 aromatic heterocycles. The first-order valence-corrected chi connectivity index (χ1v) is 7.17. The van der Waals surface area contributed by atoms with Crippen LogP contribution in [0.4, 0.5) is 5.69 Å². The first-order valence-electron chi connectivity index (χ1n) is 7.17. The van der Waals surface area contributed by atoms with Gasteiger partial charge in [-0.1, -0.05) is 32.9 Å². The molecule has 3 rings (SSSR count). The minimum atomic E-state index is 0.110. The molecule has 0 spiro atoms. The highest BCUT2D eigenvalue weighted by atomic mass is 16.1. The van der Waals surface area contributed by atoms with Crippen molar-refractivity contribution in [2.45, 2.75) is 39.7 Å². The molecule has 1 amide bonds. The van der Waals surface area contributed by atoms with Crippen molar-refractivity contribution >= 4 is 11.6 Å². The summed E-state index contributed by atoms with van der Waals surface area (Å²) < 4.78 is 0. The van der Waals surface area contributed by atoms with Crippen LogP contribution in [-0.2, 0) is 11.2 Å². The van der Waals surface area contributed by atoms with Crippen LogP contribution in [0.1, 0.15) is 44.4 Å². The Morgan fingerprint density at radius 2 is 2.21 bits per heavy atom. The van der Waals surface area contributed by atoms with Gasteiger partial charge in [-0.15, -0.1) is 0 Å². The lowest BCUT2D eigenvalue weighted by Gasteiger charge is -2.21. The molecule has 102 valence electrons. The first kappa shape index (κ1) is 12.7. The molecule has 0 radical (unpaired) electrons. The zero-order valence-corrected chi connectivity index (χ0v) is 11.9. The monoisotopic (exact) mass is 258 g/mol. The van der Waals surface area contributed by atoms with Crippen molar-refractivity contribution in [1.82, 2.24) is 5.32 Å². The largest absolute Gasteiger partial charge is 0.326 e. The van der Waals surface area contributed by atoms with E-state index in [4.69, 9.17) is 0 Å². The molecule has 1 fully saturated rings. The Morgan fingerprint density at radius 3 is 2.84 bits per heavy atom. The molecule has 3 heteroatoms. The number of nitrogens with one attached hydrogen (secondary N) is 2. The van der Waals surface area contributed by atoms with Crippen LogP contribution in [0.25, 0.3) is 0 Å². The number of carbonyl (C=O) groups is 1. The summed E-state index contributed by atoms with van der Waals surface area (Å²) in [6.45, 7) is 7.80. The second-order valence-corrected chi connectivity index (χ2v) is 6.48. The SMILES string of the molecule is CCNC(c1ccc2c(c1)CC(=O)N2)C1CC1(C)C. The van der Waals surface area contributed by atoms with Gasteiger partial charge in [0.25, 0.3) is 0 Å². The molecule has 1 aliphatic carbocycles. The van der Waals surface area contributed by atoms with E-state index in [-0.39, 0.29) is 5.91 Å². The number of anilines is 1. The molecule has 0 saturated heterocycles. The average Bonchev–Trinajstić information content (AvgIpc) is 2.81. The first-order chi connectivity index (χ1) is 9.01. The fraction of sp³-hybridized carbons (Fsp3) is 0.562. The lowest BCUT2D eigenvalue weighted by atomic mass is 9.95. The van der Waals surface area contributed by atoms with Gasteiger partial charge in [0.15, 0.2) is 0 Å². The van der Waals surface area contributed by atoms with Crippen LogP contribution >= 0.6 is 0 Å². The topological polar surface area (TPSA) is 41.1 Å². The third-order valence-corrected chi connectivity index (χ3v) is 4.53. The number of fused-ring (bicyclic) bond motifs is 1. The summed E-state index contributed by atoms with van der Waals surface area (Å²) in [5.41, 5.74) is 3.90. The van der Waals surface area contributed by atoms with E-state index in [0.29, 0.717) is 23.8 Å². The fourth-order valence-electron chi connectivity index (χ4n) is 3.23. The third kappa shape index (κ3) is 2.27. The van der Waals surface area contributed by atoms with Gasteiger partial charge in [0, 0.05) is 11.7 Å². The van der Waals surface area contributed by atoms with Crippen LogP contribution < -0.4 is 10.6 Å². The molecule has 1 aromatic carbocycles. The van der Waals surface area contributed by atoms with Gasteiger partial charge >= 0.3 is 0 Å². The number of hydrogen-bond acceptors (Lipinski definition) is 2. The maximum atomic E-state index is 11.4. The standard InChI is InChI=1S/C16H22N2O/c1-4-17-15(12-9-16(12,2)3)10-5-6-13-11(7-10)8-14(19)18-13/h5-7,12,15,17H,4,8-9H2,1-3H3,(H,18,19). The summed E-state index contributed by atoms with van der Waals surface area (Å²) in [4.78, 5) is 11.4. The Kier molecular flexibility index (Phi) is 2.90. The summed E-state index contributed by atoms with van der Waals surface area (Å²) in [7, 11) is 0. The van der Waals surface area contributed by atoms with Gasteiger partial charge in [-0.2, -0.15) is 0 Å². The van der Waals surface area contributed by atoms with Crippen molar-refractivity contribution in [2.75, 3.05) is 11.9 Å². The number of amides is 1. The minimum Gasteiger partial charge on any atom is -0.326 e. The quantitative estimate of drug-likeness (QED) is 0.872. The molecule has 1 saturated carbocycles. The lowest BCUT2D eigenvalue weighted by Crippen LogP contribution is -2.24. The van der Waals surface area contributed by atoms with Crippen LogP contribution in [0.3, 0.4) is 0 Å². The van der Waals surface area contributed by atoms with Gasteiger partial charge in [-0.05, 0) is 41.5 Å². The van der Waals surface area contributed by atoms with Gasteiger partial charge in [0.05, 0.1) is 6.42 Å². The minimum absolute atomic E-state index is 0.110. The maximum Gasteiger partial charge on any atom is 0.228 e. The predicted octanol–water partition coefficient (Wildman–Crippen LogP) is 2.88. The second kappa shape index (κ2) is 4.34. The van der Waals surface area contributed by atoms with Gasteiger partial charge in [0.1, 0.15) is 0 Å². The Hall–Kier alpha value is -1.35. The van der Waals surface area contributed by atoms with Crippen molar-refractivity contribution in [3.05, 3.63) is 29.3 Å². The van der Waals surface area contributed by atoms with Crippen LogP contribution in [0.15, 0.2) is 18.2 Å². The summed E-state index contributed by atoms with van der Waals surface area (Å²) >= 11 is 0. The number of hydrogen-bond donors (Lipinski definition) is 2. The van der Waals surface area contributed by atoms with Gasteiger partial charge in [0.2, 0.25) is 5.91 Å². The zero-order chi connectivity index (χ0) is 13.6. The van der Waals surface area contributed by atoms with E-state index in [9.17, 15) is 4.79 Å². The van der Waals surface area contributed by atoms with Crippen LogP contribution in [-0.4, -0.2) is 12.5 Å². The molecule has 2 aliphatic rings. The highest BCUT2D eigenvalue weighted by molar-refractivity contribution is 5.99. The van der Waals surface area contributed by atoms with Crippen LogP contribution in [0.2, 0.25) is 0 Å². The summed E-state index contributed by atoms with van der Waals surface area (Å²) in [6, 6.07) is 6.83. The molecular weight excluding hydrogens is 236 g/mol. The maximum absolute atomic E-state index is 11.4. The average molecular weight is 258 g/mol. The van der Waals surface area contributed by atoms with E-state index in [0.717, 1.165) is 17.8 Å². The predicted molar refractivity (Wildman–Crippen MR) is 77.1 cm³/mol. The number of rotatable bonds is 4. The molecule has 1 aliphatic heterocycles. The number of benzene rings is 1. The van der Waals surface area contributed by atoms with Crippen molar-refractivity contribution in [3.8, 4) is 0 Å². The van der Waals surface area contributed by atoms with E-state index in [1.54, 1.807) is 0 Å². The van der Waals surface area contributed by atoms with Crippen LogP contribution in [0.5, 0.6) is 0 Å². The zero-order valence-electron chi connectivity index (χ0n) is 11.9. The molecule has 19 heavy (non-hydrogen) atoms. The molecule has 2 atom stereocenters. The molecule has 2 unspecified atom stereocenters. The Labute approximate surface area is 114 Å². The highest BCUT2D eigenvalue weighted by Crippen LogP contribution is 2.57. The fourth-order valence-corrected chi connectivity index (χ4v) is 3.23. The van der Waals surface area contributed by atoms with Crippen molar-refractivity contribution in [1.29, 1.82) is 0 Å². The van der Waals surface area contributed by atoms with E-state index in [2.05, 4.69) is 49.6 Å². The van der Waals surface area contributed by atoms with E-state index in [1.807, 2.05) is 0 Å². The Balaban J connectivity index is 1.87. The molecule has 1 aromatic rings. The van der Waals surface area contributed by atoms with Gasteiger partial charge < -0.3 is 10.6 Å². The van der Waals surface area contributed by atoms with Gasteiger partial charge in [-0.3, -0.25) is 4.79 Å². The molecule has 0 bridgehead atoms. The summed E-state index contributed by atoms with van der Waals surface area (Å²) in [6.07, 6.45) is 1.80. The normalized spacial score (nSPS) is 24.8. The van der Waals surface area contributed by atoms with Crippen molar-refractivity contribution in [3.63, 3.8) is 0 Å². The molecule has 3 nitrogen and oxygen atoms in total. The van der Waals surface area contributed by atoms with Crippen molar-refractivity contribution in [2.24, 2.45) is 11.3 Å².